The molecule has 0 saturated heterocycles. The lowest BCUT2D eigenvalue weighted by molar-refractivity contribution is -0.137. The summed E-state index contributed by atoms with van der Waals surface area (Å²) < 4.78 is 39.8. The molecule has 0 aliphatic heterocycles. The van der Waals surface area contributed by atoms with Crippen LogP contribution in [-0.2, 0) is 23.9 Å². The number of aliphatic hydroxyl groups excluding tert-OH is 1. The Morgan fingerprint density at radius 2 is 2.03 bits per heavy atom. The number of aromatic nitrogens is 4. The van der Waals surface area contributed by atoms with Gasteiger partial charge in [-0.15, -0.1) is 0 Å². The fourth-order valence-corrected chi connectivity index (χ4v) is 2.97. The van der Waals surface area contributed by atoms with Crippen molar-refractivity contribution in [2.45, 2.75) is 26.1 Å². The zero-order chi connectivity index (χ0) is 22.6. The largest absolute Gasteiger partial charge is 0.416 e. The molecule has 2 aromatic heterocycles. The third-order valence-electron chi connectivity index (χ3n) is 4.40. The van der Waals surface area contributed by atoms with Gasteiger partial charge in [0.15, 0.2) is 5.82 Å². The average Bonchev–Trinajstić information content (AvgIpc) is 2.73. The summed E-state index contributed by atoms with van der Waals surface area (Å²) in [6, 6.07) is 4.17. The number of alkyl halides is 3. The molecule has 2 heterocycles. The number of rotatable bonds is 6. The lowest BCUT2D eigenvalue weighted by atomic mass is 10.1. The molecular formula is C20H18F3N5O3. The summed E-state index contributed by atoms with van der Waals surface area (Å²) in [6.45, 7) is 0.782. The summed E-state index contributed by atoms with van der Waals surface area (Å²) in [5.41, 5.74) is -0.697. The van der Waals surface area contributed by atoms with Crippen molar-refractivity contribution in [2.24, 2.45) is 0 Å². The third-order valence-corrected chi connectivity index (χ3v) is 4.40. The second kappa shape index (κ2) is 9.04. The van der Waals surface area contributed by atoms with Gasteiger partial charge in [-0.05, 0) is 25.1 Å². The highest BCUT2D eigenvalue weighted by Crippen LogP contribution is 2.30. The monoisotopic (exact) mass is 433 g/mol. The maximum absolute atomic E-state index is 13.0. The zero-order valence-electron chi connectivity index (χ0n) is 16.3. The van der Waals surface area contributed by atoms with E-state index in [9.17, 15) is 27.9 Å². The Balaban J connectivity index is 1.97. The Kier molecular flexibility index (Phi) is 6.44. The van der Waals surface area contributed by atoms with Crippen LogP contribution in [-0.4, -0.2) is 37.1 Å². The first kappa shape index (κ1) is 22.1. The van der Waals surface area contributed by atoms with Crippen molar-refractivity contribution in [3.8, 4) is 11.5 Å². The first-order valence-electron chi connectivity index (χ1n) is 9.15. The molecule has 0 bridgehead atoms. The Morgan fingerprint density at radius 3 is 2.68 bits per heavy atom. The number of nitrogens with zero attached hydrogens (tertiary/aromatic N) is 4. The first-order chi connectivity index (χ1) is 14.7. The summed E-state index contributed by atoms with van der Waals surface area (Å²) in [7, 11) is 0. The number of anilines is 1. The van der Waals surface area contributed by atoms with Crippen LogP contribution in [0.5, 0.6) is 0 Å². The molecule has 0 atom stereocenters. The van der Waals surface area contributed by atoms with Crippen molar-refractivity contribution in [3.05, 3.63) is 70.0 Å². The van der Waals surface area contributed by atoms with E-state index in [4.69, 9.17) is 0 Å². The van der Waals surface area contributed by atoms with E-state index in [0.29, 0.717) is 5.69 Å². The van der Waals surface area contributed by atoms with Crippen molar-refractivity contribution in [3.63, 3.8) is 0 Å². The number of hydrogen-bond acceptors (Lipinski definition) is 6. The zero-order valence-corrected chi connectivity index (χ0v) is 16.3. The van der Waals surface area contributed by atoms with Crippen molar-refractivity contribution < 1.29 is 23.1 Å². The molecule has 162 valence electrons. The molecule has 0 saturated carbocycles. The summed E-state index contributed by atoms with van der Waals surface area (Å²) >= 11 is 0. The van der Waals surface area contributed by atoms with E-state index in [0.717, 1.165) is 16.7 Å². The van der Waals surface area contributed by atoms with Crippen LogP contribution in [0.3, 0.4) is 0 Å². The van der Waals surface area contributed by atoms with Gasteiger partial charge in [0.25, 0.3) is 5.56 Å². The number of aryl methyl sites for hydroxylation is 1. The van der Waals surface area contributed by atoms with E-state index in [1.54, 1.807) is 6.92 Å². The predicted molar refractivity (Wildman–Crippen MR) is 105 cm³/mol. The number of carbonyl (C=O) groups is 1. The summed E-state index contributed by atoms with van der Waals surface area (Å²) in [5.74, 6) is -0.649. The van der Waals surface area contributed by atoms with Crippen LogP contribution in [0.1, 0.15) is 16.8 Å². The number of nitrogens with one attached hydrogen (secondary N) is 1. The Morgan fingerprint density at radius 1 is 1.26 bits per heavy atom. The number of halogens is 3. The Hall–Kier alpha value is -3.60. The number of carbonyl (C=O) groups excluding carboxylic acids is 1. The minimum Gasteiger partial charge on any atom is -0.396 e. The maximum Gasteiger partial charge on any atom is 0.416 e. The standard InChI is InChI=1S/C20H18F3N5O3/c1-12-15(5-8-29)19(31)28(18(26-12)16-10-24-6-7-25-16)11-17(30)27-14-4-2-3-13(9-14)20(21,22)23/h2-4,6-7,9-10,29H,5,8,11H2,1H3,(H,27,30). The van der Waals surface area contributed by atoms with E-state index >= 15 is 0 Å². The highest BCUT2D eigenvalue weighted by Gasteiger charge is 2.30. The van der Waals surface area contributed by atoms with E-state index in [1.807, 2.05) is 0 Å². The van der Waals surface area contributed by atoms with Gasteiger partial charge in [-0.1, -0.05) is 6.07 Å². The maximum atomic E-state index is 13.0. The fraction of sp³-hybridized carbons (Fsp3) is 0.250. The third kappa shape index (κ3) is 5.12. The van der Waals surface area contributed by atoms with Gasteiger partial charge >= 0.3 is 6.18 Å². The van der Waals surface area contributed by atoms with E-state index in [2.05, 4.69) is 20.3 Å². The summed E-state index contributed by atoms with van der Waals surface area (Å²) in [6.07, 6.45) is -0.330. The van der Waals surface area contributed by atoms with Crippen LogP contribution in [0, 0.1) is 6.92 Å². The van der Waals surface area contributed by atoms with Gasteiger partial charge in [0.2, 0.25) is 5.91 Å². The van der Waals surface area contributed by atoms with E-state index in [1.165, 1.54) is 30.7 Å². The molecule has 8 nitrogen and oxygen atoms in total. The van der Waals surface area contributed by atoms with Gasteiger partial charge in [0.1, 0.15) is 12.2 Å². The van der Waals surface area contributed by atoms with Gasteiger partial charge in [-0.3, -0.25) is 19.1 Å². The van der Waals surface area contributed by atoms with Crippen LogP contribution in [0.25, 0.3) is 11.5 Å². The summed E-state index contributed by atoms with van der Waals surface area (Å²) in [4.78, 5) is 37.9. The molecule has 31 heavy (non-hydrogen) atoms. The number of benzene rings is 1. The van der Waals surface area contributed by atoms with Crippen LogP contribution < -0.4 is 10.9 Å². The van der Waals surface area contributed by atoms with Crippen LogP contribution >= 0.6 is 0 Å². The molecule has 0 fully saturated rings. The molecule has 1 amide bonds. The van der Waals surface area contributed by atoms with Crippen LogP contribution in [0.15, 0.2) is 47.7 Å². The molecule has 2 N–H and O–H groups in total. The molecule has 0 spiro atoms. The minimum absolute atomic E-state index is 0.0354. The van der Waals surface area contributed by atoms with Gasteiger partial charge in [-0.2, -0.15) is 13.2 Å². The fourth-order valence-electron chi connectivity index (χ4n) is 2.97. The molecule has 11 heteroatoms. The highest BCUT2D eigenvalue weighted by molar-refractivity contribution is 5.90. The van der Waals surface area contributed by atoms with Gasteiger partial charge in [-0.25, -0.2) is 9.97 Å². The van der Waals surface area contributed by atoms with Crippen LogP contribution in [0.4, 0.5) is 18.9 Å². The number of amides is 1. The molecule has 0 aliphatic rings. The predicted octanol–water partition coefficient (Wildman–Crippen LogP) is 2.20. The molecule has 0 aliphatic carbocycles. The molecule has 3 aromatic rings. The Bertz CT molecular complexity index is 1150. The van der Waals surface area contributed by atoms with Crippen molar-refractivity contribution in [1.29, 1.82) is 0 Å². The average molecular weight is 433 g/mol. The van der Waals surface area contributed by atoms with E-state index in [-0.39, 0.29) is 35.8 Å². The van der Waals surface area contributed by atoms with Crippen molar-refractivity contribution in [1.82, 2.24) is 19.5 Å². The topological polar surface area (TPSA) is 110 Å². The quantitative estimate of drug-likeness (QED) is 0.617. The normalized spacial score (nSPS) is 11.4. The number of hydrogen-bond donors (Lipinski definition) is 2. The second-order valence-electron chi connectivity index (χ2n) is 6.58. The highest BCUT2D eigenvalue weighted by atomic mass is 19.4. The minimum atomic E-state index is -4.56. The first-order valence-corrected chi connectivity index (χ1v) is 9.15. The second-order valence-corrected chi connectivity index (χ2v) is 6.58. The Labute approximate surface area is 174 Å². The SMILES string of the molecule is Cc1nc(-c2cnccn2)n(CC(=O)Nc2cccc(C(F)(F)F)c2)c(=O)c1CCO. The lowest BCUT2D eigenvalue weighted by Gasteiger charge is -2.15. The van der Waals surface area contributed by atoms with Crippen molar-refractivity contribution >= 4 is 11.6 Å². The molecular weight excluding hydrogens is 415 g/mol. The van der Waals surface area contributed by atoms with Crippen LogP contribution in [0.2, 0.25) is 0 Å². The molecule has 1 aromatic carbocycles. The molecule has 3 rings (SSSR count). The molecule has 0 unspecified atom stereocenters. The smallest absolute Gasteiger partial charge is 0.396 e. The summed E-state index contributed by atoms with van der Waals surface area (Å²) in [5, 5.41) is 11.6. The lowest BCUT2D eigenvalue weighted by Crippen LogP contribution is -2.33. The molecule has 0 radical (unpaired) electrons. The van der Waals surface area contributed by atoms with Crippen molar-refractivity contribution in [2.75, 3.05) is 11.9 Å². The van der Waals surface area contributed by atoms with Gasteiger partial charge in [0, 0.05) is 42.4 Å². The van der Waals surface area contributed by atoms with Gasteiger partial charge < -0.3 is 10.4 Å². The van der Waals surface area contributed by atoms with E-state index < -0.39 is 29.8 Å². The van der Waals surface area contributed by atoms with Gasteiger partial charge in [0.05, 0.1) is 11.8 Å². The number of aliphatic hydroxyl groups is 1.